The van der Waals surface area contributed by atoms with Crippen molar-refractivity contribution in [1.82, 2.24) is 25.0 Å². The molecule has 5 unspecified atom stereocenters. The minimum Gasteiger partial charge on any atom is -0.349 e. The number of likely N-dealkylation sites (N-methyl/N-ethyl adjacent to an activating group) is 2. The van der Waals surface area contributed by atoms with E-state index in [2.05, 4.69) is 61.3 Å². The average molecular weight is 599 g/mol. The fraction of sp³-hybridized carbons (Fsp3) is 0.552. The number of rotatable bonds is 6. The maximum atomic E-state index is 14.0. The summed E-state index contributed by atoms with van der Waals surface area (Å²) in [5, 5.41) is 4.26. The molecule has 4 heterocycles. The number of H-pyrrole nitrogens is 1. The number of amides is 2. The van der Waals surface area contributed by atoms with Crippen molar-refractivity contribution in [3.05, 3.63) is 40.0 Å². The van der Waals surface area contributed by atoms with Crippen LogP contribution >= 0.6 is 15.9 Å². The number of fused-ring (bicyclic) bond motifs is 2. The number of likely N-dealkylation sites (tertiary alicyclic amines) is 1. The molecule has 2 N–H and O–H groups in total. The molecule has 6 rings (SSSR count). The summed E-state index contributed by atoms with van der Waals surface area (Å²) in [7, 11) is 4.06. The van der Waals surface area contributed by atoms with Crippen molar-refractivity contribution >= 4 is 50.5 Å². The first-order chi connectivity index (χ1) is 18.7. The second-order valence-electron chi connectivity index (χ2n) is 11.7. The maximum absolute atomic E-state index is 14.0. The van der Waals surface area contributed by atoms with Gasteiger partial charge in [0, 0.05) is 29.4 Å². The van der Waals surface area contributed by atoms with Crippen LogP contribution in [-0.2, 0) is 25.5 Å². The molecule has 2 aromatic rings. The van der Waals surface area contributed by atoms with Crippen molar-refractivity contribution < 1.29 is 19.1 Å². The third-order valence-electron chi connectivity index (χ3n) is 9.17. The Hall–Kier alpha value is -2.53. The number of hydrogen-bond donors (Lipinski definition) is 2. The van der Waals surface area contributed by atoms with E-state index in [0.29, 0.717) is 6.54 Å². The fourth-order valence-electron chi connectivity index (χ4n) is 7.03. The van der Waals surface area contributed by atoms with Gasteiger partial charge in [-0.2, -0.15) is 0 Å². The molecule has 2 saturated heterocycles. The first-order valence-corrected chi connectivity index (χ1v) is 14.6. The lowest BCUT2D eigenvalue weighted by atomic mass is 9.79. The minimum absolute atomic E-state index is 0.0206. The summed E-state index contributed by atoms with van der Waals surface area (Å²) < 4.78 is 7.54. The highest BCUT2D eigenvalue weighted by atomic mass is 79.9. The molecule has 0 saturated carbocycles. The predicted octanol–water partition coefficient (Wildman–Crippen LogP) is 2.75. The summed E-state index contributed by atoms with van der Waals surface area (Å²) in [5.74, 6) is -1.37. The first-order valence-electron chi connectivity index (χ1n) is 13.8. The van der Waals surface area contributed by atoms with Gasteiger partial charge in [0.2, 0.25) is 11.6 Å². The SMILES string of the molecule is CC(C)C1(NC(=O)C2C=C3c4cccc5[nH]c(Br)c(c45)CC3N(C)C2)OC(C2CCCN2C)N(CC=O)C1=O. The van der Waals surface area contributed by atoms with Crippen LogP contribution in [0, 0.1) is 11.8 Å². The number of carbonyl (C=O) groups is 3. The normalized spacial score (nSPS) is 31.2. The summed E-state index contributed by atoms with van der Waals surface area (Å²) in [6.07, 6.45) is 4.95. The molecule has 3 aliphatic heterocycles. The lowest BCUT2D eigenvalue weighted by Crippen LogP contribution is -2.60. The molecular formula is C29H36BrN5O4. The van der Waals surface area contributed by atoms with E-state index in [9.17, 15) is 14.4 Å². The number of nitrogens with zero attached hydrogens (tertiary/aromatic N) is 3. The van der Waals surface area contributed by atoms with E-state index in [1.54, 1.807) is 0 Å². The van der Waals surface area contributed by atoms with Gasteiger partial charge in [-0.25, -0.2) is 0 Å². The second kappa shape index (κ2) is 9.83. The summed E-state index contributed by atoms with van der Waals surface area (Å²) in [4.78, 5) is 48.8. The smallest absolute Gasteiger partial charge is 0.278 e. The Kier molecular flexibility index (Phi) is 6.73. The molecule has 2 fully saturated rings. The maximum Gasteiger partial charge on any atom is 0.278 e. The first kappa shape index (κ1) is 26.7. The van der Waals surface area contributed by atoms with E-state index >= 15 is 0 Å². The number of ether oxygens (including phenoxy) is 1. The molecule has 2 amide bonds. The van der Waals surface area contributed by atoms with Crippen molar-refractivity contribution in [3.8, 4) is 0 Å². The van der Waals surface area contributed by atoms with E-state index in [1.165, 1.54) is 15.8 Å². The zero-order valence-electron chi connectivity index (χ0n) is 22.9. The van der Waals surface area contributed by atoms with Crippen LogP contribution in [0.3, 0.4) is 0 Å². The van der Waals surface area contributed by atoms with E-state index in [4.69, 9.17) is 4.74 Å². The third kappa shape index (κ3) is 4.10. The second-order valence-corrected chi connectivity index (χ2v) is 12.5. The lowest BCUT2D eigenvalue weighted by Gasteiger charge is -2.40. The third-order valence-corrected chi connectivity index (χ3v) is 9.85. The Labute approximate surface area is 237 Å². The molecule has 4 aliphatic rings. The molecule has 39 heavy (non-hydrogen) atoms. The fourth-order valence-corrected chi connectivity index (χ4v) is 7.60. The summed E-state index contributed by atoms with van der Waals surface area (Å²) in [6.45, 7) is 5.14. The summed E-state index contributed by atoms with van der Waals surface area (Å²) >= 11 is 3.70. The highest BCUT2D eigenvalue weighted by Crippen LogP contribution is 2.44. The van der Waals surface area contributed by atoms with Crippen LogP contribution < -0.4 is 5.32 Å². The van der Waals surface area contributed by atoms with Crippen LogP contribution in [-0.4, -0.2) is 95.6 Å². The number of aldehydes is 1. The highest BCUT2D eigenvalue weighted by Gasteiger charge is 2.58. The van der Waals surface area contributed by atoms with Crippen LogP contribution in [0.5, 0.6) is 0 Å². The Bertz CT molecular complexity index is 1370. The van der Waals surface area contributed by atoms with Gasteiger partial charge in [0.1, 0.15) is 6.29 Å². The Morgan fingerprint density at radius 1 is 1.31 bits per heavy atom. The number of hydrogen-bond acceptors (Lipinski definition) is 6. The number of aromatic amines is 1. The molecule has 1 aromatic carbocycles. The standard InChI is InChI=1S/C29H36BrN5O4/c1-16(2)29(28(38)35(11-12-36)27(39-29)22-9-6-10-33(22)3)32-26(37)17-13-19-18-7-5-8-21-24(18)20(25(30)31-21)14-23(19)34(4)15-17/h5,7-8,12-13,16-17,22-23,27,31H,6,9-11,14-15H2,1-4H3,(H,32,37). The number of carbonyl (C=O) groups excluding carboxylic acids is 3. The van der Waals surface area contributed by atoms with Crippen LogP contribution in [0.25, 0.3) is 16.5 Å². The van der Waals surface area contributed by atoms with Crippen molar-refractivity contribution in [3.63, 3.8) is 0 Å². The van der Waals surface area contributed by atoms with Gasteiger partial charge in [0.25, 0.3) is 5.91 Å². The van der Waals surface area contributed by atoms with E-state index in [1.807, 2.05) is 27.0 Å². The van der Waals surface area contributed by atoms with Crippen molar-refractivity contribution in [1.29, 1.82) is 0 Å². The van der Waals surface area contributed by atoms with Gasteiger partial charge >= 0.3 is 0 Å². The summed E-state index contributed by atoms with van der Waals surface area (Å²) in [6, 6.07) is 6.37. The molecule has 0 bridgehead atoms. The van der Waals surface area contributed by atoms with Gasteiger partial charge in [-0.05, 0) is 78.6 Å². The molecular weight excluding hydrogens is 562 g/mol. The van der Waals surface area contributed by atoms with Crippen molar-refractivity contribution in [2.75, 3.05) is 33.7 Å². The lowest BCUT2D eigenvalue weighted by molar-refractivity contribution is -0.158. The zero-order chi connectivity index (χ0) is 27.6. The molecule has 10 heteroatoms. The number of nitrogens with one attached hydrogen (secondary N) is 2. The highest BCUT2D eigenvalue weighted by molar-refractivity contribution is 9.10. The van der Waals surface area contributed by atoms with Crippen molar-refractivity contribution in [2.45, 2.75) is 57.1 Å². The molecule has 1 aromatic heterocycles. The van der Waals surface area contributed by atoms with Crippen LogP contribution in [0.1, 0.15) is 37.8 Å². The molecule has 1 aliphatic carbocycles. The number of aromatic nitrogens is 1. The monoisotopic (exact) mass is 597 g/mol. The minimum atomic E-state index is -1.52. The van der Waals surface area contributed by atoms with Crippen LogP contribution in [0.4, 0.5) is 0 Å². The quantitative estimate of drug-likeness (QED) is 0.497. The van der Waals surface area contributed by atoms with Gasteiger partial charge in [-0.1, -0.05) is 32.1 Å². The largest absolute Gasteiger partial charge is 0.349 e. The molecule has 5 atom stereocenters. The van der Waals surface area contributed by atoms with Crippen molar-refractivity contribution in [2.24, 2.45) is 11.8 Å². The molecule has 0 spiro atoms. The van der Waals surface area contributed by atoms with Gasteiger partial charge in [-0.3, -0.25) is 19.4 Å². The Balaban J connectivity index is 1.33. The van der Waals surface area contributed by atoms with Gasteiger partial charge in [0.15, 0.2) is 6.23 Å². The number of halogens is 1. The van der Waals surface area contributed by atoms with E-state index in [-0.39, 0.29) is 36.4 Å². The Morgan fingerprint density at radius 2 is 2.10 bits per heavy atom. The Morgan fingerprint density at radius 3 is 2.79 bits per heavy atom. The molecule has 208 valence electrons. The van der Waals surface area contributed by atoms with Gasteiger partial charge in [-0.15, -0.1) is 0 Å². The van der Waals surface area contributed by atoms with E-state index < -0.39 is 17.9 Å². The van der Waals surface area contributed by atoms with Gasteiger partial charge in [0.05, 0.1) is 23.1 Å². The number of benzene rings is 1. The predicted molar refractivity (Wildman–Crippen MR) is 152 cm³/mol. The zero-order valence-corrected chi connectivity index (χ0v) is 24.5. The van der Waals surface area contributed by atoms with E-state index in [0.717, 1.165) is 53.3 Å². The molecule has 9 nitrogen and oxygen atoms in total. The van der Waals surface area contributed by atoms with Crippen LogP contribution in [0.15, 0.2) is 28.9 Å². The van der Waals surface area contributed by atoms with Gasteiger partial charge < -0.3 is 24.7 Å². The summed E-state index contributed by atoms with van der Waals surface area (Å²) in [5.41, 5.74) is 3.09. The average Bonchev–Trinajstić information content (AvgIpc) is 3.55. The topological polar surface area (TPSA) is 98.0 Å². The van der Waals surface area contributed by atoms with Crippen LogP contribution in [0.2, 0.25) is 0 Å². The molecule has 0 radical (unpaired) electrons.